The molecule has 0 aromatic carbocycles. The first kappa shape index (κ1) is 11.0. The van der Waals surface area contributed by atoms with Gasteiger partial charge in [0.2, 0.25) is 0 Å². The molecule has 1 aromatic rings. The zero-order valence-corrected chi connectivity index (χ0v) is 8.72. The van der Waals surface area contributed by atoms with Gasteiger partial charge in [0.05, 0.1) is 23.4 Å². The van der Waals surface area contributed by atoms with E-state index in [-0.39, 0.29) is 11.9 Å². The molecule has 0 saturated heterocycles. The summed E-state index contributed by atoms with van der Waals surface area (Å²) >= 11 is 0. The standard InChI is InChI=1S/C9H14N4O3/c10-9(3-1-6(14)2-4-9)7-5-11-12-8(7)13(15)16/h5-6,14H,1-4,10H2,(H,11,12). The van der Waals surface area contributed by atoms with Crippen LogP contribution in [0.3, 0.4) is 0 Å². The summed E-state index contributed by atoms with van der Waals surface area (Å²) in [4.78, 5) is 10.2. The fraction of sp³-hybridized carbons (Fsp3) is 0.667. The molecule has 1 aromatic heterocycles. The normalized spacial score (nSPS) is 30.2. The maximum Gasteiger partial charge on any atom is 0.347 e. The number of hydrogen-bond donors (Lipinski definition) is 3. The van der Waals surface area contributed by atoms with E-state index >= 15 is 0 Å². The summed E-state index contributed by atoms with van der Waals surface area (Å²) in [5.74, 6) is -0.140. The van der Waals surface area contributed by atoms with E-state index in [1.807, 2.05) is 0 Å². The van der Waals surface area contributed by atoms with Crippen molar-refractivity contribution in [1.29, 1.82) is 0 Å². The molecule has 0 spiro atoms. The number of aliphatic hydroxyl groups is 1. The molecule has 1 saturated carbocycles. The monoisotopic (exact) mass is 226 g/mol. The van der Waals surface area contributed by atoms with Crippen molar-refractivity contribution in [3.63, 3.8) is 0 Å². The van der Waals surface area contributed by atoms with E-state index in [1.165, 1.54) is 6.20 Å². The Balaban J connectivity index is 2.29. The Bertz CT molecular complexity index is 395. The first-order chi connectivity index (χ1) is 7.53. The van der Waals surface area contributed by atoms with Gasteiger partial charge in [-0.05, 0) is 30.6 Å². The van der Waals surface area contributed by atoms with E-state index in [0.29, 0.717) is 31.2 Å². The molecule has 1 aliphatic rings. The van der Waals surface area contributed by atoms with Crippen LogP contribution in [0.25, 0.3) is 0 Å². The summed E-state index contributed by atoms with van der Waals surface area (Å²) in [5, 5.41) is 26.2. The topological polar surface area (TPSA) is 118 Å². The summed E-state index contributed by atoms with van der Waals surface area (Å²) < 4.78 is 0. The van der Waals surface area contributed by atoms with Crippen molar-refractivity contribution >= 4 is 5.82 Å². The zero-order valence-electron chi connectivity index (χ0n) is 8.72. The number of aliphatic hydroxyl groups excluding tert-OH is 1. The van der Waals surface area contributed by atoms with Gasteiger partial charge in [0.1, 0.15) is 0 Å². The lowest BCUT2D eigenvalue weighted by Crippen LogP contribution is -2.41. The predicted molar refractivity (Wildman–Crippen MR) is 55.6 cm³/mol. The third kappa shape index (κ3) is 1.79. The van der Waals surface area contributed by atoms with Crippen LogP contribution in [-0.4, -0.2) is 26.3 Å². The van der Waals surface area contributed by atoms with Crippen LogP contribution in [0.1, 0.15) is 31.2 Å². The molecule has 7 nitrogen and oxygen atoms in total. The Morgan fingerprint density at radius 1 is 1.62 bits per heavy atom. The van der Waals surface area contributed by atoms with E-state index < -0.39 is 10.5 Å². The van der Waals surface area contributed by atoms with Crippen LogP contribution in [0.15, 0.2) is 6.20 Å². The number of H-pyrrole nitrogens is 1. The number of aromatic amines is 1. The van der Waals surface area contributed by atoms with Gasteiger partial charge in [0.15, 0.2) is 0 Å². The minimum atomic E-state index is -0.741. The van der Waals surface area contributed by atoms with E-state index in [0.717, 1.165) is 0 Å². The molecule has 0 radical (unpaired) electrons. The zero-order chi connectivity index (χ0) is 11.8. The summed E-state index contributed by atoms with van der Waals surface area (Å²) in [7, 11) is 0. The van der Waals surface area contributed by atoms with Crippen molar-refractivity contribution in [2.24, 2.45) is 5.73 Å². The van der Waals surface area contributed by atoms with Gasteiger partial charge in [0.25, 0.3) is 0 Å². The first-order valence-corrected chi connectivity index (χ1v) is 5.18. The van der Waals surface area contributed by atoms with Crippen LogP contribution in [0.2, 0.25) is 0 Å². The highest BCUT2D eigenvalue weighted by Crippen LogP contribution is 2.38. The minimum absolute atomic E-state index is 0.140. The van der Waals surface area contributed by atoms with Crippen LogP contribution >= 0.6 is 0 Å². The Morgan fingerprint density at radius 2 is 2.25 bits per heavy atom. The van der Waals surface area contributed by atoms with Crippen molar-refractivity contribution in [3.8, 4) is 0 Å². The molecular weight excluding hydrogens is 212 g/mol. The molecule has 16 heavy (non-hydrogen) atoms. The van der Waals surface area contributed by atoms with Gasteiger partial charge in [-0.3, -0.25) is 0 Å². The highest BCUT2D eigenvalue weighted by atomic mass is 16.6. The summed E-state index contributed by atoms with van der Waals surface area (Å²) in [5.41, 5.74) is 5.84. The molecule has 0 atom stereocenters. The van der Waals surface area contributed by atoms with E-state index in [9.17, 15) is 15.2 Å². The smallest absolute Gasteiger partial charge is 0.347 e. The van der Waals surface area contributed by atoms with Crippen molar-refractivity contribution in [1.82, 2.24) is 10.2 Å². The average molecular weight is 226 g/mol. The number of nitrogens with zero attached hydrogens (tertiary/aromatic N) is 2. The van der Waals surface area contributed by atoms with Crippen LogP contribution in [-0.2, 0) is 5.54 Å². The third-order valence-corrected chi connectivity index (χ3v) is 3.19. The number of rotatable bonds is 2. The fourth-order valence-electron chi connectivity index (χ4n) is 2.17. The molecule has 7 heteroatoms. The van der Waals surface area contributed by atoms with Gasteiger partial charge < -0.3 is 21.0 Å². The van der Waals surface area contributed by atoms with E-state index in [4.69, 9.17) is 5.73 Å². The van der Waals surface area contributed by atoms with Crippen LogP contribution in [0, 0.1) is 10.1 Å². The fourth-order valence-corrected chi connectivity index (χ4v) is 2.17. The van der Waals surface area contributed by atoms with Crippen molar-refractivity contribution in [2.75, 3.05) is 0 Å². The Labute approximate surface area is 91.8 Å². The third-order valence-electron chi connectivity index (χ3n) is 3.19. The Morgan fingerprint density at radius 3 is 2.81 bits per heavy atom. The lowest BCUT2D eigenvalue weighted by Gasteiger charge is -2.34. The molecule has 0 bridgehead atoms. The van der Waals surface area contributed by atoms with Crippen LogP contribution in [0.4, 0.5) is 5.82 Å². The van der Waals surface area contributed by atoms with E-state index in [1.54, 1.807) is 0 Å². The number of aromatic nitrogens is 2. The van der Waals surface area contributed by atoms with Crippen LogP contribution < -0.4 is 5.73 Å². The van der Waals surface area contributed by atoms with Crippen molar-refractivity contribution in [2.45, 2.75) is 37.3 Å². The van der Waals surface area contributed by atoms with Crippen molar-refractivity contribution in [3.05, 3.63) is 21.9 Å². The van der Waals surface area contributed by atoms with Crippen LogP contribution in [0.5, 0.6) is 0 Å². The second-order valence-electron chi connectivity index (χ2n) is 4.28. The molecule has 0 aliphatic heterocycles. The summed E-state index contributed by atoms with van der Waals surface area (Å²) in [6, 6.07) is 0. The van der Waals surface area contributed by atoms with Gasteiger partial charge >= 0.3 is 5.82 Å². The largest absolute Gasteiger partial charge is 0.393 e. The summed E-state index contributed by atoms with van der Waals surface area (Å²) in [6.45, 7) is 0. The van der Waals surface area contributed by atoms with E-state index in [2.05, 4.69) is 10.2 Å². The quantitative estimate of drug-likeness (QED) is 0.498. The SMILES string of the molecule is NC1(c2cn[nH]c2[N+](=O)[O-])CCC(O)CC1. The lowest BCUT2D eigenvalue weighted by atomic mass is 9.77. The van der Waals surface area contributed by atoms with Gasteiger partial charge in [-0.1, -0.05) is 5.10 Å². The molecule has 88 valence electrons. The van der Waals surface area contributed by atoms with Gasteiger partial charge in [0, 0.05) is 0 Å². The maximum atomic E-state index is 10.8. The molecule has 1 aliphatic carbocycles. The molecule has 0 unspecified atom stereocenters. The highest BCUT2D eigenvalue weighted by molar-refractivity contribution is 5.36. The molecule has 1 heterocycles. The predicted octanol–water partition coefficient (Wildman–Crippen LogP) is 0.407. The molecule has 2 rings (SSSR count). The van der Waals surface area contributed by atoms with Gasteiger partial charge in [-0.25, -0.2) is 0 Å². The second kappa shape index (κ2) is 3.84. The second-order valence-corrected chi connectivity index (χ2v) is 4.28. The molecule has 4 N–H and O–H groups in total. The number of nitro groups is 1. The number of hydrogen-bond acceptors (Lipinski definition) is 5. The Hall–Kier alpha value is -1.47. The maximum absolute atomic E-state index is 10.8. The number of nitrogens with two attached hydrogens (primary N) is 1. The van der Waals surface area contributed by atoms with Gasteiger partial charge in [-0.15, -0.1) is 5.10 Å². The Kier molecular flexibility index (Phi) is 2.64. The number of nitrogens with one attached hydrogen (secondary N) is 1. The lowest BCUT2D eigenvalue weighted by molar-refractivity contribution is -0.390. The first-order valence-electron chi connectivity index (χ1n) is 5.18. The molecular formula is C9H14N4O3. The van der Waals surface area contributed by atoms with Crippen molar-refractivity contribution < 1.29 is 10.0 Å². The minimum Gasteiger partial charge on any atom is -0.393 e. The highest BCUT2D eigenvalue weighted by Gasteiger charge is 2.38. The molecule has 1 fully saturated rings. The average Bonchev–Trinajstić information content (AvgIpc) is 2.72. The summed E-state index contributed by atoms with van der Waals surface area (Å²) in [6.07, 6.45) is 3.28. The molecule has 0 amide bonds. The van der Waals surface area contributed by atoms with Gasteiger partial charge in [-0.2, -0.15) is 0 Å².